The maximum Gasteiger partial charge on any atom is 0.408 e. The summed E-state index contributed by atoms with van der Waals surface area (Å²) >= 11 is 0. The van der Waals surface area contributed by atoms with E-state index in [9.17, 15) is 9.59 Å². The fraction of sp³-hybridized carbons (Fsp3) is 0.176. The molecule has 1 aliphatic heterocycles. The summed E-state index contributed by atoms with van der Waals surface area (Å²) in [5.74, 6) is 0.284. The molecule has 0 aromatic heterocycles. The predicted molar refractivity (Wildman–Crippen MR) is 84.2 cm³/mol. The minimum Gasteiger partial charge on any atom is -0.497 e. The predicted octanol–water partition coefficient (Wildman–Crippen LogP) is 2.48. The number of alkyl carbamates (subject to hydrolysis) is 1. The quantitative estimate of drug-likeness (QED) is 0.909. The fourth-order valence-corrected chi connectivity index (χ4v) is 2.45. The van der Waals surface area contributed by atoms with Gasteiger partial charge in [0.2, 0.25) is 0 Å². The van der Waals surface area contributed by atoms with Gasteiger partial charge in [-0.1, -0.05) is 36.4 Å². The Morgan fingerprint density at radius 3 is 2.70 bits per heavy atom. The maximum absolute atomic E-state index is 12.5. The topological polar surface area (TPSA) is 76.7 Å². The van der Waals surface area contributed by atoms with Gasteiger partial charge in [0.05, 0.1) is 7.11 Å². The van der Waals surface area contributed by atoms with E-state index in [1.165, 1.54) is 0 Å². The van der Waals surface area contributed by atoms with Crippen LogP contribution >= 0.6 is 0 Å². The average Bonchev–Trinajstić information content (AvgIpc) is 2.98. The van der Waals surface area contributed by atoms with Crippen molar-refractivity contribution in [3.8, 4) is 5.75 Å². The van der Waals surface area contributed by atoms with Gasteiger partial charge in [-0.05, 0) is 17.7 Å². The van der Waals surface area contributed by atoms with E-state index in [-0.39, 0.29) is 5.91 Å². The van der Waals surface area contributed by atoms with E-state index in [4.69, 9.17) is 9.47 Å². The summed E-state index contributed by atoms with van der Waals surface area (Å²) in [6.45, 7) is 0. The second kappa shape index (κ2) is 6.39. The van der Waals surface area contributed by atoms with Crippen LogP contribution in [0, 0.1) is 0 Å². The number of anilines is 1. The third-order valence-corrected chi connectivity index (χ3v) is 3.56. The molecule has 0 spiro atoms. The Hall–Kier alpha value is -3.02. The van der Waals surface area contributed by atoms with E-state index < -0.39 is 18.2 Å². The van der Waals surface area contributed by atoms with Crippen LogP contribution in [0.5, 0.6) is 5.75 Å². The van der Waals surface area contributed by atoms with E-state index in [1.54, 1.807) is 31.4 Å². The highest BCUT2D eigenvalue weighted by molar-refractivity contribution is 5.98. The summed E-state index contributed by atoms with van der Waals surface area (Å²) in [6.07, 6.45) is -1.26. The summed E-state index contributed by atoms with van der Waals surface area (Å²) < 4.78 is 10.4. The molecule has 6 heteroatoms. The molecule has 1 fully saturated rings. The average molecular weight is 312 g/mol. The summed E-state index contributed by atoms with van der Waals surface area (Å²) in [5.41, 5.74) is 1.35. The lowest BCUT2D eigenvalue weighted by Crippen LogP contribution is -2.40. The Morgan fingerprint density at radius 2 is 1.96 bits per heavy atom. The van der Waals surface area contributed by atoms with Crippen LogP contribution in [0.4, 0.5) is 10.5 Å². The highest BCUT2D eigenvalue weighted by Gasteiger charge is 2.40. The number of carbonyl (C=O) groups excluding carboxylic acids is 2. The van der Waals surface area contributed by atoms with Crippen molar-refractivity contribution in [2.45, 2.75) is 12.1 Å². The highest BCUT2D eigenvalue weighted by Crippen LogP contribution is 2.27. The van der Waals surface area contributed by atoms with Crippen molar-refractivity contribution in [1.82, 2.24) is 5.32 Å². The van der Waals surface area contributed by atoms with Gasteiger partial charge in [-0.15, -0.1) is 0 Å². The van der Waals surface area contributed by atoms with Gasteiger partial charge in [-0.25, -0.2) is 4.79 Å². The lowest BCUT2D eigenvalue weighted by atomic mass is 10.0. The second-order valence-electron chi connectivity index (χ2n) is 5.08. The van der Waals surface area contributed by atoms with Gasteiger partial charge in [0.1, 0.15) is 5.75 Å². The lowest BCUT2D eigenvalue weighted by molar-refractivity contribution is -0.119. The number of cyclic esters (lactones) is 1. The molecule has 1 heterocycles. The largest absolute Gasteiger partial charge is 0.497 e. The van der Waals surface area contributed by atoms with Crippen LogP contribution in [0.1, 0.15) is 11.7 Å². The number of methoxy groups -OCH3 is 1. The zero-order valence-electron chi connectivity index (χ0n) is 12.5. The molecule has 0 aliphatic carbocycles. The van der Waals surface area contributed by atoms with Gasteiger partial charge in [0.15, 0.2) is 12.1 Å². The zero-order valence-corrected chi connectivity index (χ0v) is 12.5. The fourth-order valence-electron chi connectivity index (χ4n) is 2.45. The highest BCUT2D eigenvalue weighted by atomic mass is 16.6. The summed E-state index contributed by atoms with van der Waals surface area (Å²) in [6, 6.07) is 15.4. The molecule has 2 unspecified atom stereocenters. The van der Waals surface area contributed by atoms with Crippen LogP contribution < -0.4 is 15.4 Å². The molecular weight excluding hydrogens is 296 g/mol. The van der Waals surface area contributed by atoms with E-state index >= 15 is 0 Å². The number of carbonyl (C=O) groups is 2. The minimum atomic E-state index is -0.795. The van der Waals surface area contributed by atoms with Crippen LogP contribution in [0.3, 0.4) is 0 Å². The summed E-state index contributed by atoms with van der Waals surface area (Å²) in [5, 5.41) is 5.31. The molecule has 1 aliphatic rings. The van der Waals surface area contributed by atoms with Gasteiger partial charge in [0, 0.05) is 11.8 Å². The number of rotatable bonds is 4. The van der Waals surface area contributed by atoms with Gasteiger partial charge in [-0.3, -0.25) is 4.79 Å². The van der Waals surface area contributed by atoms with E-state index in [2.05, 4.69) is 10.6 Å². The number of benzene rings is 2. The smallest absolute Gasteiger partial charge is 0.408 e. The first-order chi connectivity index (χ1) is 11.2. The van der Waals surface area contributed by atoms with E-state index in [0.717, 1.165) is 5.56 Å². The van der Waals surface area contributed by atoms with Crippen molar-refractivity contribution < 1.29 is 19.1 Å². The van der Waals surface area contributed by atoms with Gasteiger partial charge < -0.3 is 20.1 Å². The second-order valence-corrected chi connectivity index (χ2v) is 5.08. The molecule has 2 amide bonds. The van der Waals surface area contributed by atoms with Crippen molar-refractivity contribution >= 4 is 17.7 Å². The molecular formula is C17H16N2O4. The van der Waals surface area contributed by atoms with Gasteiger partial charge in [-0.2, -0.15) is 0 Å². The summed E-state index contributed by atoms with van der Waals surface area (Å²) in [4.78, 5) is 24.1. The van der Waals surface area contributed by atoms with Gasteiger partial charge >= 0.3 is 6.09 Å². The van der Waals surface area contributed by atoms with Crippen molar-refractivity contribution in [1.29, 1.82) is 0 Å². The van der Waals surface area contributed by atoms with Crippen molar-refractivity contribution in [2.24, 2.45) is 0 Å². The third kappa shape index (κ3) is 3.26. The molecule has 2 atom stereocenters. The zero-order chi connectivity index (χ0) is 16.2. The Morgan fingerprint density at radius 1 is 1.17 bits per heavy atom. The van der Waals surface area contributed by atoms with E-state index in [0.29, 0.717) is 11.4 Å². The van der Waals surface area contributed by atoms with E-state index in [1.807, 2.05) is 30.3 Å². The van der Waals surface area contributed by atoms with Crippen molar-refractivity contribution in [3.05, 3.63) is 60.2 Å². The van der Waals surface area contributed by atoms with Crippen LogP contribution in [0.25, 0.3) is 0 Å². The number of nitrogens with one attached hydrogen (secondary N) is 2. The Labute approximate surface area is 133 Å². The summed E-state index contributed by atoms with van der Waals surface area (Å²) in [7, 11) is 1.55. The molecule has 2 aromatic carbocycles. The first-order valence-corrected chi connectivity index (χ1v) is 7.14. The first-order valence-electron chi connectivity index (χ1n) is 7.14. The molecule has 0 saturated carbocycles. The standard InChI is InChI=1S/C17H16N2O4/c1-22-13-9-5-8-12(10-13)18-16(20)14-15(23-17(21)19-14)11-6-3-2-4-7-11/h2-10,14-15H,1H3,(H,18,20)(H,19,21). The number of amides is 2. The lowest BCUT2D eigenvalue weighted by Gasteiger charge is -2.17. The van der Waals surface area contributed by atoms with Crippen LogP contribution in [0.15, 0.2) is 54.6 Å². The van der Waals surface area contributed by atoms with Crippen molar-refractivity contribution in [2.75, 3.05) is 12.4 Å². The van der Waals surface area contributed by atoms with Crippen LogP contribution in [0.2, 0.25) is 0 Å². The molecule has 0 radical (unpaired) electrons. The molecule has 1 saturated heterocycles. The normalized spacial score (nSPS) is 19.6. The Kier molecular flexibility index (Phi) is 4.14. The Balaban J connectivity index is 1.78. The SMILES string of the molecule is COc1cccc(NC(=O)C2NC(=O)OC2c2ccccc2)c1. The molecule has 0 bridgehead atoms. The number of ether oxygens (including phenoxy) is 2. The molecule has 6 nitrogen and oxygen atoms in total. The minimum absolute atomic E-state index is 0.349. The molecule has 118 valence electrons. The number of hydrogen-bond acceptors (Lipinski definition) is 4. The molecule has 3 rings (SSSR count). The monoisotopic (exact) mass is 312 g/mol. The Bertz CT molecular complexity index is 718. The molecule has 2 aromatic rings. The van der Waals surface area contributed by atoms with Crippen LogP contribution in [-0.2, 0) is 9.53 Å². The van der Waals surface area contributed by atoms with Crippen LogP contribution in [-0.4, -0.2) is 25.2 Å². The van der Waals surface area contributed by atoms with Crippen molar-refractivity contribution in [3.63, 3.8) is 0 Å². The third-order valence-electron chi connectivity index (χ3n) is 3.56. The molecule has 2 N–H and O–H groups in total. The maximum atomic E-state index is 12.5. The van der Waals surface area contributed by atoms with Gasteiger partial charge in [0.25, 0.3) is 5.91 Å². The first kappa shape index (κ1) is 14.9. The number of hydrogen-bond donors (Lipinski definition) is 2. The molecule has 23 heavy (non-hydrogen) atoms.